The second kappa shape index (κ2) is 5.93. The van der Waals surface area contributed by atoms with Gasteiger partial charge in [-0.15, -0.1) is 0 Å². The standard InChI is InChI=1S/C16H24N2O/c1-2-17-15-7-10-18(13-8-11-19-12-9-13)16-6-4-3-5-14(15)16/h3-6,13,15,17H,2,7-12H2,1H3. The number of fused-ring (bicyclic) bond motifs is 1. The quantitative estimate of drug-likeness (QED) is 0.904. The van der Waals surface area contributed by atoms with Gasteiger partial charge in [0.15, 0.2) is 0 Å². The SMILES string of the molecule is CCNC1CCN(C2CCOCC2)c2ccccc21. The minimum atomic E-state index is 0.525. The fourth-order valence-corrected chi connectivity index (χ4v) is 3.42. The van der Waals surface area contributed by atoms with E-state index >= 15 is 0 Å². The molecule has 0 bridgehead atoms. The van der Waals surface area contributed by atoms with Crippen LogP contribution in [0.1, 0.15) is 37.8 Å². The Labute approximate surface area is 115 Å². The molecule has 1 aromatic carbocycles. The number of para-hydroxylation sites is 1. The lowest BCUT2D eigenvalue weighted by Gasteiger charge is -2.42. The van der Waals surface area contributed by atoms with Crippen LogP contribution in [0.5, 0.6) is 0 Å². The Hall–Kier alpha value is -1.06. The van der Waals surface area contributed by atoms with Crippen LogP contribution in [0.3, 0.4) is 0 Å². The summed E-state index contributed by atoms with van der Waals surface area (Å²) >= 11 is 0. The van der Waals surface area contributed by atoms with Crippen LogP contribution in [0.25, 0.3) is 0 Å². The van der Waals surface area contributed by atoms with Gasteiger partial charge in [-0.1, -0.05) is 25.1 Å². The van der Waals surface area contributed by atoms with Crippen LogP contribution in [0, 0.1) is 0 Å². The first-order valence-electron chi connectivity index (χ1n) is 7.57. The Bertz CT molecular complexity index is 415. The zero-order chi connectivity index (χ0) is 13.1. The van der Waals surface area contributed by atoms with Gasteiger partial charge in [-0.2, -0.15) is 0 Å². The highest BCUT2D eigenvalue weighted by molar-refractivity contribution is 5.57. The van der Waals surface area contributed by atoms with Crippen LogP contribution in [0.4, 0.5) is 5.69 Å². The second-order valence-electron chi connectivity index (χ2n) is 5.49. The van der Waals surface area contributed by atoms with E-state index in [-0.39, 0.29) is 0 Å². The molecule has 2 aliphatic rings. The fourth-order valence-electron chi connectivity index (χ4n) is 3.42. The zero-order valence-corrected chi connectivity index (χ0v) is 11.8. The Morgan fingerprint density at radius 1 is 1.21 bits per heavy atom. The van der Waals surface area contributed by atoms with Gasteiger partial charge in [-0.25, -0.2) is 0 Å². The van der Waals surface area contributed by atoms with Gasteiger partial charge in [0.25, 0.3) is 0 Å². The summed E-state index contributed by atoms with van der Waals surface area (Å²) in [5.41, 5.74) is 2.91. The van der Waals surface area contributed by atoms with E-state index in [1.807, 2.05) is 0 Å². The van der Waals surface area contributed by atoms with E-state index in [0.717, 1.165) is 19.8 Å². The first-order chi connectivity index (χ1) is 9.40. The van der Waals surface area contributed by atoms with Gasteiger partial charge in [-0.3, -0.25) is 0 Å². The van der Waals surface area contributed by atoms with Gasteiger partial charge >= 0.3 is 0 Å². The summed E-state index contributed by atoms with van der Waals surface area (Å²) < 4.78 is 5.50. The third-order valence-electron chi connectivity index (χ3n) is 4.36. The van der Waals surface area contributed by atoms with E-state index in [4.69, 9.17) is 4.74 Å². The molecule has 0 aliphatic carbocycles. The highest BCUT2D eigenvalue weighted by Crippen LogP contribution is 2.36. The van der Waals surface area contributed by atoms with Crippen molar-refractivity contribution >= 4 is 5.69 Å². The van der Waals surface area contributed by atoms with E-state index in [1.165, 1.54) is 37.1 Å². The summed E-state index contributed by atoms with van der Waals surface area (Å²) in [6.45, 7) is 6.23. The smallest absolute Gasteiger partial charge is 0.0485 e. The maximum atomic E-state index is 5.50. The zero-order valence-electron chi connectivity index (χ0n) is 11.8. The molecule has 3 rings (SSSR count). The fraction of sp³-hybridized carbons (Fsp3) is 0.625. The maximum Gasteiger partial charge on any atom is 0.0485 e. The molecule has 1 saturated heterocycles. The third-order valence-corrected chi connectivity index (χ3v) is 4.36. The first kappa shape index (κ1) is 12.9. The van der Waals surface area contributed by atoms with Gasteiger partial charge in [0.2, 0.25) is 0 Å². The van der Waals surface area contributed by atoms with Crippen molar-refractivity contribution in [1.29, 1.82) is 0 Å². The molecule has 0 spiro atoms. The van der Waals surface area contributed by atoms with Crippen molar-refractivity contribution in [2.75, 3.05) is 31.2 Å². The number of nitrogens with one attached hydrogen (secondary N) is 1. The average molecular weight is 260 g/mol. The molecular formula is C16H24N2O. The predicted molar refractivity (Wildman–Crippen MR) is 78.7 cm³/mol. The number of anilines is 1. The molecule has 2 aliphatic heterocycles. The number of hydrogen-bond donors (Lipinski definition) is 1. The van der Waals surface area contributed by atoms with Crippen molar-refractivity contribution < 1.29 is 4.74 Å². The lowest BCUT2D eigenvalue weighted by atomic mass is 9.93. The Kier molecular flexibility index (Phi) is 4.04. The van der Waals surface area contributed by atoms with E-state index in [1.54, 1.807) is 0 Å². The van der Waals surface area contributed by atoms with E-state index < -0.39 is 0 Å². The Balaban J connectivity index is 1.85. The van der Waals surface area contributed by atoms with Crippen LogP contribution in [-0.2, 0) is 4.74 Å². The third kappa shape index (κ3) is 2.63. The van der Waals surface area contributed by atoms with Crippen molar-refractivity contribution in [1.82, 2.24) is 5.32 Å². The topological polar surface area (TPSA) is 24.5 Å². The molecule has 0 aromatic heterocycles. The van der Waals surface area contributed by atoms with E-state index in [2.05, 4.69) is 41.4 Å². The summed E-state index contributed by atoms with van der Waals surface area (Å²) in [5, 5.41) is 3.61. The van der Waals surface area contributed by atoms with Gasteiger partial charge < -0.3 is 15.0 Å². The molecule has 1 unspecified atom stereocenters. The predicted octanol–water partition coefficient (Wildman–Crippen LogP) is 2.73. The number of hydrogen-bond acceptors (Lipinski definition) is 3. The largest absolute Gasteiger partial charge is 0.381 e. The molecule has 1 atom stereocenters. The second-order valence-corrected chi connectivity index (χ2v) is 5.49. The number of benzene rings is 1. The summed E-state index contributed by atoms with van der Waals surface area (Å²) in [6, 6.07) is 10.1. The van der Waals surface area contributed by atoms with Crippen LogP contribution >= 0.6 is 0 Å². The van der Waals surface area contributed by atoms with Crippen LogP contribution in [-0.4, -0.2) is 32.3 Å². The minimum Gasteiger partial charge on any atom is -0.381 e. The molecule has 0 saturated carbocycles. The van der Waals surface area contributed by atoms with Gasteiger partial charge in [0, 0.05) is 37.5 Å². The lowest BCUT2D eigenvalue weighted by Crippen LogP contribution is -2.44. The summed E-state index contributed by atoms with van der Waals surface area (Å²) in [4.78, 5) is 2.62. The molecule has 3 heteroatoms. The first-order valence-corrected chi connectivity index (χ1v) is 7.57. The highest BCUT2D eigenvalue weighted by Gasteiger charge is 2.29. The van der Waals surface area contributed by atoms with Crippen molar-refractivity contribution in [2.24, 2.45) is 0 Å². The number of rotatable bonds is 3. The molecule has 1 aromatic rings. The monoisotopic (exact) mass is 260 g/mol. The van der Waals surface area contributed by atoms with Gasteiger partial charge in [0.05, 0.1) is 0 Å². The maximum absolute atomic E-state index is 5.50. The van der Waals surface area contributed by atoms with Crippen molar-refractivity contribution in [3.63, 3.8) is 0 Å². The van der Waals surface area contributed by atoms with E-state index in [0.29, 0.717) is 12.1 Å². The number of ether oxygens (including phenoxy) is 1. The van der Waals surface area contributed by atoms with Crippen molar-refractivity contribution in [3.8, 4) is 0 Å². The number of nitrogens with zero attached hydrogens (tertiary/aromatic N) is 1. The Morgan fingerprint density at radius 2 is 2.00 bits per heavy atom. The highest BCUT2D eigenvalue weighted by atomic mass is 16.5. The minimum absolute atomic E-state index is 0.525. The lowest BCUT2D eigenvalue weighted by molar-refractivity contribution is 0.0838. The van der Waals surface area contributed by atoms with Crippen LogP contribution in [0.2, 0.25) is 0 Å². The van der Waals surface area contributed by atoms with Crippen molar-refractivity contribution in [2.45, 2.75) is 38.3 Å². The average Bonchev–Trinajstić information content (AvgIpc) is 2.49. The summed E-state index contributed by atoms with van der Waals surface area (Å²) in [7, 11) is 0. The molecule has 1 fully saturated rings. The normalized spacial score (nSPS) is 24.3. The molecule has 104 valence electrons. The van der Waals surface area contributed by atoms with E-state index in [9.17, 15) is 0 Å². The molecule has 0 radical (unpaired) electrons. The van der Waals surface area contributed by atoms with Gasteiger partial charge in [0.1, 0.15) is 0 Å². The van der Waals surface area contributed by atoms with Gasteiger partial charge in [-0.05, 0) is 37.4 Å². The Morgan fingerprint density at radius 3 is 2.79 bits per heavy atom. The van der Waals surface area contributed by atoms with Crippen molar-refractivity contribution in [3.05, 3.63) is 29.8 Å². The summed E-state index contributed by atoms with van der Waals surface area (Å²) in [6.07, 6.45) is 3.54. The van der Waals surface area contributed by atoms with Crippen LogP contribution in [0.15, 0.2) is 24.3 Å². The molecular weight excluding hydrogens is 236 g/mol. The van der Waals surface area contributed by atoms with Crippen LogP contribution < -0.4 is 10.2 Å². The molecule has 1 N–H and O–H groups in total. The molecule has 2 heterocycles. The summed E-state index contributed by atoms with van der Waals surface area (Å²) in [5.74, 6) is 0. The molecule has 3 nitrogen and oxygen atoms in total. The molecule has 0 amide bonds. The molecule has 19 heavy (non-hydrogen) atoms.